The highest BCUT2D eigenvalue weighted by atomic mass is 16.5. The number of benzene rings is 1. The first-order chi connectivity index (χ1) is 9.72. The molecule has 3 heteroatoms. The molecule has 3 nitrogen and oxygen atoms in total. The second-order valence-corrected chi connectivity index (χ2v) is 6.62. The maximum absolute atomic E-state index is 12.4. The monoisotopic (exact) mass is 267 g/mol. The van der Waals surface area contributed by atoms with Gasteiger partial charge in [-0.05, 0) is 44.1 Å². The second-order valence-electron chi connectivity index (χ2n) is 6.62. The van der Waals surface area contributed by atoms with Gasteiger partial charge in [0, 0.05) is 17.5 Å². The highest BCUT2D eigenvalue weighted by Crippen LogP contribution is 2.59. The molecule has 2 unspecified atom stereocenters. The van der Waals surface area contributed by atoms with Crippen LogP contribution >= 0.6 is 0 Å². The molecule has 1 spiro atoms. The van der Waals surface area contributed by atoms with Crippen LogP contribution in [0.25, 0.3) is 0 Å². The molecule has 0 N–H and O–H groups in total. The van der Waals surface area contributed by atoms with Crippen LogP contribution in [-0.2, 0) is 16.6 Å². The molecule has 2 aliphatic heterocycles. The second kappa shape index (κ2) is 3.34. The van der Waals surface area contributed by atoms with E-state index in [1.165, 1.54) is 11.1 Å². The van der Waals surface area contributed by atoms with Crippen molar-refractivity contribution in [2.75, 3.05) is 13.6 Å². The molecule has 2 heterocycles. The number of hydrogen-bond acceptors (Lipinski definition) is 3. The smallest absolute Gasteiger partial charge is 0.196 e. The predicted octanol–water partition coefficient (Wildman–Crippen LogP) is 1.70. The highest BCUT2D eigenvalue weighted by Gasteiger charge is 2.63. The van der Waals surface area contributed by atoms with Crippen molar-refractivity contribution < 1.29 is 9.53 Å². The maximum atomic E-state index is 12.4. The van der Waals surface area contributed by atoms with E-state index < -0.39 is 0 Å². The van der Waals surface area contributed by atoms with Gasteiger partial charge in [-0.2, -0.15) is 0 Å². The minimum absolute atomic E-state index is 0.0901. The molecular formula is C17H17NO2. The number of likely N-dealkylation sites (N-methyl/N-ethyl adjacent to an activating group) is 1. The number of likely N-dealkylation sites (tertiary alicyclic amines) is 1. The molecule has 0 amide bonds. The van der Waals surface area contributed by atoms with Crippen LogP contribution in [0, 0.1) is 5.92 Å². The average molecular weight is 267 g/mol. The first-order valence-corrected chi connectivity index (χ1v) is 7.43. The summed E-state index contributed by atoms with van der Waals surface area (Å²) in [5, 5.41) is 0. The summed E-state index contributed by atoms with van der Waals surface area (Å²) in [5.41, 5.74) is 2.64. The third-order valence-corrected chi connectivity index (χ3v) is 5.90. The quantitative estimate of drug-likeness (QED) is 0.716. The van der Waals surface area contributed by atoms with E-state index in [9.17, 15) is 4.79 Å². The van der Waals surface area contributed by atoms with Gasteiger partial charge in [-0.1, -0.05) is 18.2 Å². The summed E-state index contributed by atoms with van der Waals surface area (Å²) in [4.78, 5) is 14.8. The van der Waals surface area contributed by atoms with Crippen LogP contribution < -0.4 is 4.74 Å². The molecule has 20 heavy (non-hydrogen) atoms. The molecule has 102 valence electrons. The Morgan fingerprint density at radius 3 is 3.20 bits per heavy atom. The summed E-state index contributed by atoms with van der Waals surface area (Å²) in [7, 11) is 2.21. The van der Waals surface area contributed by atoms with Crippen LogP contribution in [0.5, 0.6) is 5.75 Å². The van der Waals surface area contributed by atoms with Crippen molar-refractivity contribution in [1.29, 1.82) is 0 Å². The van der Waals surface area contributed by atoms with Crippen LogP contribution in [-0.4, -0.2) is 36.4 Å². The lowest BCUT2D eigenvalue weighted by Gasteiger charge is -2.55. The van der Waals surface area contributed by atoms with Crippen LogP contribution in [0.1, 0.15) is 17.5 Å². The van der Waals surface area contributed by atoms with Crippen molar-refractivity contribution in [2.45, 2.75) is 30.4 Å². The first-order valence-electron chi connectivity index (χ1n) is 7.43. The van der Waals surface area contributed by atoms with E-state index in [0.717, 1.165) is 25.1 Å². The summed E-state index contributed by atoms with van der Waals surface area (Å²) in [6, 6.07) is 6.82. The average Bonchev–Trinajstić information content (AvgIpc) is 2.79. The molecule has 0 radical (unpaired) electrons. The van der Waals surface area contributed by atoms with Crippen LogP contribution in [0.4, 0.5) is 0 Å². The molecule has 4 aliphatic rings. The van der Waals surface area contributed by atoms with Gasteiger partial charge < -0.3 is 9.64 Å². The van der Waals surface area contributed by atoms with E-state index in [2.05, 4.69) is 30.2 Å². The number of nitrogens with zero attached hydrogens (tertiary/aromatic N) is 1. The Bertz CT molecular complexity index is 665. The maximum Gasteiger partial charge on any atom is 0.196 e. The molecule has 1 aromatic rings. The van der Waals surface area contributed by atoms with Crippen molar-refractivity contribution in [3.63, 3.8) is 0 Å². The Morgan fingerprint density at radius 1 is 1.40 bits per heavy atom. The number of ether oxygens (including phenoxy) is 1. The van der Waals surface area contributed by atoms with E-state index in [1.807, 2.05) is 6.07 Å². The van der Waals surface area contributed by atoms with E-state index in [-0.39, 0.29) is 17.3 Å². The zero-order chi connectivity index (χ0) is 13.5. The van der Waals surface area contributed by atoms with E-state index in [0.29, 0.717) is 12.0 Å². The molecule has 1 aromatic carbocycles. The molecule has 5 rings (SSSR count). The van der Waals surface area contributed by atoms with Crippen LogP contribution in [0.3, 0.4) is 0 Å². The number of hydrogen-bond donors (Lipinski definition) is 0. The number of carbonyl (C=O) groups excluding carboxylic acids is 1. The SMILES string of the molecule is CN1CC[C@]23c4c5cccc4O[C@H]2C(=O)C=CC3C1C5. The van der Waals surface area contributed by atoms with Gasteiger partial charge in [-0.25, -0.2) is 0 Å². The molecule has 1 fully saturated rings. The Labute approximate surface area is 118 Å². The zero-order valence-electron chi connectivity index (χ0n) is 11.5. The van der Waals surface area contributed by atoms with Crippen molar-refractivity contribution >= 4 is 5.78 Å². The predicted molar refractivity (Wildman–Crippen MR) is 74.9 cm³/mol. The molecular weight excluding hydrogens is 250 g/mol. The number of piperidine rings is 1. The fourth-order valence-electron chi connectivity index (χ4n) is 5.05. The van der Waals surface area contributed by atoms with E-state index in [4.69, 9.17) is 4.74 Å². The Hall–Kier alpha value is -1.61. The fraction of sp³-hybridized carbons (Fsp3) is 0.471. The lowest BCUT2D eigenvalue weighted by atomic mass is 9.53. The van der Waals surface area contributed by atoms with Crippen molar-refractivity contribution in [3.05, 3.63) is 41.5 Å². The standard InChI is InChI=1S/C17H17NO2/c1-18-8-7-17-11-5-6-13(19)16(17)20-14-4-2-3-10(15(14)17)9-12(11)18/h2-6,11-12,16H,7-9H2,1H3/t11?,12?,16-,17-/m0/s1. The first kappa shape index (κ1) is 11.1. The number of rotatable bonds is 0. The van der Waals surface area contributed by atoms with Gasteiger partial charge in [0.15, 0.2) is 11.9 Å². The van der Waals surface area contributed by atoms with Gasteiger partial charge in [0.05, 0.1) is 5.41 Å². The molecule has 2 bridgehead atoms. The molecule has 2 aliphatic carbocycles. The normalized spacial score (nSPS) is 40.5. The third kappa shape index (κ3) is 1.03. The molecule has 0 saturated carbocycles. The summed E-state index contributed by atoms with van der Waals surface area (Å²) >= 11 is 0. The minimum atomic E-state index is -0.287. The largest absolute Gasteiger partial charge is 0.481 e. The summed E-state index contributed by atoms with van der Waals surface area (Å²) in [5.74, 6) is 1.52. The Balaban J connectivity index is 1.86. The van der Waals surface area contributed by atoms with E-state index in [1.54, 1.807) is 6.08 Å². The zero-order valence-corrected chi connectivity index (χ0v) is 11.5. The van der Waals surface area contributed by atoms with Crippen molar-refractivity contribution in [1.82, 2.24) is 4.90 Å². The van der Waals surface area contributed by atoms with Crippen LogP contribution in [0.15, 0.2) is 30.4 Å². The number of carbonyl (C=O) groups is 1. The summed E-state index contributed by atoms with van der Waals surface area (Å²) in [6.45, 7) is 1.05. The Morgan fingerprint density at radius 2 is 2.30 bits per heavy atom. The van der Waals surface area contributed by atoms with Gasteiger partial charge in [0.2, 0.25) is 0 Å². The van der Waals surface area contributed by atoms with Gasteiger partial charge >= 0.3 is 0 Å². The van der Waals surface area contributed by atoms with E-state index >= 15 is 0 Å². The third-order valence-electron chi connectivity index (χ3n) is 5.90. The highest BCUT2D eigenvalue weighted by molar-refractivity contribution is 5.98. The fourth-order valence-corrected chi connectivity index (χ4v) is 5.05. The minimum Gasteiger partial charge on any atom is -0.481 e. The summed E-state index contributed by atoms with van der Waals surface area (Å²) in [6.07, 6.45) is 5.73. The Kier molecular flexibility index (Phi) is 1.85. The van der Waals surface area contributed by atoms with Gasteiger partial charge in [0.25, 0.3) is 0 Å². The van der Waals surface area contributed by atoms with Crippen molar-refractivity contribution in [2.24, 2.45) is 5.92 Å². The van der Waals surface area contributed by atoms with Crippen LogP contribution in [0.2, 0.25) is 0 Å². The molecule has 0 aromatic heterocycles. The van der Waals surface area contributed by atoms with Gasteiger partial charge in [0.1, 0.15) is 5.75 Å². The topological polar surface area (TPSA) is 29.5 Å². The van der Waals surface area contributed by atoms with Gasteiger partial charge in [-0.15, -0.1) is 0 Å². The van der Waals surface area contributed by atoms with Gasteiger partial charge in [-0.3, -0.25) is 4.79 Å². The van der Waals surface area contributed by atoms with Crippen molar-refractivity contribution in [3.8, 4) is 5.75 Å². The summed E-state index contributed by atoms with van der Waals surface area (Å²) < 4.78 is 6.11. The number of ketones is 1. The lowest BCUT2D eigenvalue weighted by Crippen LogP contribution is -2.64. The molecule has 1 saturated heterocycles. The molecule has 4 atom stereocenters. The lowest BCUT2D eigenvalue weighted by molar-refractivity contribution is -0.127.